The zero-order chi connectivity index (χ0) is 20.1. The van der Waals surface area contributed by atoms with Gasteiger partial charge in [0.05, 0.1) is 19.2 Å². The van der Waals surface area contributed by atoms with Crippen molar-refractivity contribution in [2.45, 2.75) is 33.0 Å². The molecule has 142 valence electrons. The van der Waals surface area contributed by atoms with Crippen LogP contribution in [0.5, 0.6) is 0 Å². The molecular weight excluding hydrogens is 384 g/mol. The summed E-state index contributed by atoms with van der Waals surface area (Å²) in [4.78, 5) is 0. The Hall–Kier alpha value is -1.90. The van der Waals surface area contributed by atoms with Gasteiger partial charge in [0.2, 0.25) is 0 Å². The van der Waals surface area contributed by atoms with E-state index in [0.717, 1.165) is 0 Å². The molecule has 0 aliphatic rings. The molecule has 0 nitrogen and oxygen atoms in total. The lowest BCUT2D eigenvalue weighted by atomic mass is 9.98. The van der Waals surface area contributed by atoms with E-state index < -0.39 is 82.9 Å². The van der Waals surface area contributed by atoms with Crippen molar-refractivity contribution >= 4 is 13.3 Å². The van der Waals surface area contributed by atoms with Crippen LogP contribution in [0.4, 0.5) is 35.1 Å². The Balaban J connectivity index is 3.01. The van der Waals surface area contributed by atoms with E-state index in [9.17, 15) is 35.1 Å². The lowest BCUT2D eigenvalue weighted by molar-refractivity contribution is 0.436. The molecular formula is C17H14F8Si. The van der Waals surface area contributed by atoms with Gasteiger partial charge in [0.1, 0.15) is 0 Å². The van der Waals surface area contributed by atoms with Gasteiger partial charge in [-0.15, -0.1) is 0 Å². The molecule has 0 fully saturated rings. The van der Waals surface area contributed by atoms with E-state index in [1.165, 1.54) is 26.6 Å². The van der Waals surface area contributed by atoms with Crippen LogP contribution in [-0.4, -0.2) is 8.07 Å². The van der Waals surface area contributed by atoms with Gasteiger partial charge in [-0.25, -0.2) is 35.1 Å². The van der Waals surface area contributed by atoms with Gasteiger partial charge in [0.15, 0.2) is 46.5 Å². The molecule has 0 bridgehead atoms. The normalized spacial score (nSPS) is 12.0. The first-order chi connectivity index (χ1) is 11.9. The largest absolute Gasteiger partial charge is 0.204 e. The summed E-state index contributed by atoms with van der Waals surface area (Å²) in [6.45, 7) is 5.38. The molecule has 0 N–H and O–H groups in total. The summed E-state index contributed by atoms with van der Waals surface area (Å²) in [6.07, 6.45) is -0.450. The Kier molecular flexibility index (Phi) is 5.24. The Morgan fingerprint density at radius 3 is 1.12 bits per heavy atom. The predicted molar refractivity (Wildman–Crippen MR) is 83.9 cm³/mol. The maximum atomic E-state index is 14.4. The van der Waals surface area contributed by atoms with Gasteiger partial charge in [-0.3, -0.25) is 0 Å². The van der Waals surface area contributed by atoms with Crippen molar-refractivity contribution in [3.8, 4) is 11.1 Å². The minimum atomic E-state index is -2.94. The standard InChI is InChI=1S/C17H14F8Si/c1-5-6-9(18)11(20)7(12(21)10(6)19)8-13(22)15(24)17(26(2,3)4)16(25)14(8)23/h5H2,1-4H3. The van der Waals surface area contributed by atoms with E-state index in [-0.39, 0.29) is 0 Å². The lowest BCUT2D eigenvalue weighted by Gasteiger charge is -2.21. The van der Waals surface area contributed by atoms with E-state index in [1.54, 1.807) is 0 Å². The second kappa shape index (κ2) is 6.68. The van der Waals surface area contributed by atoms with E-state index in [4.69, 9.17) is 0 Å². The number of hydrogen-bond acceptors (Lipinski definition) is 0. The van der Waals surface area contributed by atoms with Gasteiger partial charge in [0.25, 0.3) is 0 Å². The fraction of sp³-hybridized carbons (Fsp3) is 0.294. The summed E-state index contributed by atoms with van der Waals surface area (Å²) in [5.41, 5.74) is -4.63. The maximum Gasteiger partial charge on any atom is 0.170 e. The Bertz CT molecular complexity index is 841. The van der Waals surface area contributed by atoms with Crippen LogP contribution < -0.4 is 5.19 Å². The van der Waals surface area contributed by atoms with Crippen LogP contribution >= 0.6 is 0 Å². The van der Waals surface area contributed by atoms with Crippen molar-refractivity contribution in [2.75, 3.05) is 0 Å². The van der Waals surface area contributed by atoms with Crippen LogP contribution in [0.1, 0.15) is 12.5 Å². The first-order valence-corrected chi connectivity index (χ1v) is 11.1. The van der Waals surface area contributed by atoms with Crippen LogP contribution in [0.3, 0.4) is 0 Å². The van der Waals surface area contributed by atoms with Gasteiger partial charge < -0.3 is 0 Å². The molecule has 2 rings (SSSR count). The second-order valence-corrected chi connectivity index (χ2v) is 11.7. The van der Waals surface area contributed by atoms with Gasteiger partial charge in [0, 0.05) is 10.8 Å². The molecule has 0 saturated carbocycles. The van der Waals surface area contributed by atoms with Gasteiger partial charge >= 0.3 is 0 Å². The average Bonchev–Trinajstić information content (AvgIpc) is 2.54. The fourth-order valence-electron chi connectivity index (χ4n) is 2.72. The molecule has 0 amide bonds. The Morgan fingerprint density at radius 1 is 0.538 bits per heavy atom. The Morgan fingerprint density at radius 2 is 0.846 bits per heavy atom. The first-order valence-electron chi connectivity index (χ1n) is 7.57. The van der Waals surface area contributed by atoms with Gasteiger partial charge in [-0.2, -0.15) is 0 Å². The minimum absolute atomic E-state index is 0.450. The molecule has 0 unspecified atom stereocenters. The molecule has 0 saturated heterocycles. The smallest absolute Gasteiger partial charge is 0.170 e. The summed E-state index contributed by atoms with van der Waals surface area (Å²) in [6, 6.07) is 0. The van der Waals surface area contributed by atoms with Crippen molar-refractivity contribution in [2.24, 2.45) is 0 Å². The van der Waals surface area contributed by atoms with Crippen molar-refractivity contribution in [1.29, 1.82) is 0 Å². The molecule has 0 aliphatic carbocycles. The number of halogens is 8. The number of benzene rings is 2. The summed E-state index contributed by atoms with van der Waals surface area (Å²) >= 11 is 0. The van der Waals surface area contributed by atoms with E-state index in [2.05, 4.69) is 0 Å². The van der Waals surface area contributed by atoms with Gasteiger partial charge in [-0.1, -0.05) is 26.6 Å². The van der Waals surface area contributed by atoms with Crippen LogP contribution in [0.25, 0.3) is 11.1 Å². The van der Waals surface area contributed by atoms with Crippen molar-refractivity contribution in [3.63, 3.8) is 0 Å². The maximum absolute atomic E-state index is 14.4. The zero-order valence-electron chi connectivity index (χ0n) is 14.2. The first kappa shape index (κ1) is 20.4. The summed E-state index contributed by atoms with van der Waals surface area (Å²) in [5, 5.41) is -0.858. The molecule has 0 atom stereocenters. The molecule has 0 heterocycles. The number of hydrogen-bond donors (Lipinski definition) is 0. The molecule has 9 heteroatoms. The SMILES string of the molecule is CCc1c(F)c(F)c(-c2c(F)c(F)c([Si](C)(C)C)c(F)c2F)c(F)c1F. The monoisotopic (exact) mass is 398 g/mol. The van der Waals surface area contributed by atoms with Crippen LogP contribution in [0.15, 0.2) is 0 Å². The van der Waals surface area contributed by atoms with Crippen molar-refractivity contribution in [3.05, 3.63) is 52.1 Å². The van der Waals surface area contributed by atoms with Crippen molar-refractivity contribution < 1.29 is 35.1 Å². The van der Waals surface area contributed by atoms with E-state index >= 15 is 0 Å². The molecule has 26 heavy (non-hydrogen) atoms. The third kappa shape index (κ3) is 2.91. The number of rotatable bonds is 3. The molecule has 2 aromatic rings. The van der Waals surface area contributed by atoms with Crippen LogP contribution in [0, 0.1) is 46.5 Å². The summed E-state index contributed by atoms with van der Waals surface area (Å²) in [7, 11) is -2.94. The highest BCUT2D eigenvalue weighted by atomic mass is 28.3. The van der Waals surface area contributed by atoms with Crippen LogP contribution in [0.2, 0.25) is 19.6 Å². The van der Waals surface area contributed by atoms with Gasteiger partial charge in [-0.05, 0) is 6.42 Å². The minimum Gasteiger partial charge on any atom is -0.204 e. The molecule has 2 aromatic carbocycles. The predicted octanol–water partition coefficient (Wildman–Crippen LogP) is 5.57. The third-order valence-electron chi connectivity index (χ3n) is 3.97. The highest BCUT2D eigenvalue weighted by Gasteiger charge is 2.36. The topological polar surface area (TPSA) is 0 Å². The Labute approximate surface area is 145 Å². The average molecular weight is 398 g/mol. The second-order valence-electron chi connectivity index (χ2n) is 6.72. The molecule has 0 aliphatic heterocycles. The summed E-state index contributed by atoms with van der Waals surface area (Å²) in [5.74, 6) is -15.9. The van der Waals surface area contributed by atoms with E-state index in [0.29, 0.717) is 0 Å². The highest BCUT2D eigenvalue weighted by Crippen LogP contribution is 2.37. The summed E-state index contributed by atoms with van der Waals surface area (Å²) < 4.78 is 114. The van der Waals surface area contributed by atoms with E-state index in [1.807, 2.05) is 0 Å². The molecule has 0 spiro atoms. The lowest BCUT2D eigenvalue weighted by Crippen LogP contribution is -2.44. The zero-order valence-corrected chi connectivity index (χ0v) is 15.2. The van der Waals surface area contributed by atoms with Crippen molar-refractivity contribution in [1.82, 2.24) is 0 Å². The highest BCUT2D eigenvalue weighted by molar-refractivity contribution is 6.88. The quantitative estimate of drug-likeness (QED) is 0.360. The fourth-order valence-corrected chi connectivity index (χ4v) is 4.25. The molecule has 0 aromatic heterocycles. The molecule has 0 radical (unpaired) electrons. The third-order valence-corrected chi connectivity index (χ3v) is 5.91. The van der Waals surface area contributed by atoms with Crippen LogP contribution in [-0.2, 0) is 6.42 Å².